The summed E-state index contributed by atoms with van der Waals surface area (Å²) < 4.78 is 0. The Morgan fingerprint density at radius 2 is 2.25 bits per heavy atom. The predicted octanol–water partition coefficient (Wildman–Crippen LogP) is 3.34. The standard InChI is InChI=1S/C13H19ClN2/c1-9-11(3-2-4-12(9)14)13(16-15)8-7-10-5-6-10/h2-4,10,13,16H,5-8,15H2,1H3. The number of nitrogens with two attached hydrogens (primary N) is 1. The van der Waals surface area contributed by atoms with Crippen molar-refractivity contribution >= 4 is 11.6 Å². The molecule has 0 saturated heterocycles. The molecule has 1 unspecified atom stereocenters. The van der Waals surface area contributed by atoms with Crippen molar-refractivity contribution in [1.29, 1.82) is 0 Å². The van der Waals surface area contributed by atoms with Gasteiger partial charge in [0.25, 0.3) is 0 Å². The van der Waals surface area contributed by atoms with Crippen molar-refractivity contribution in [2.45, 2.75) is 38.6 Å². The van der Waals surface area contributed by atoms with E-state index in [4.69, 9.17) is 17.4 Å². The normalized spacial score (nSPS) is 17.4. The molecule has 16 heavy (non-hydrogen) atoms. The molecule has 1 fully saturated rings. The van der Waals surface area contributed by atoms with Crippen LogP contribution < -0.4 is 11.3 Å². The van der Waals surface area contributed by atoms with Crippen molar-refractivity contribution in [2.24, 2.45) is 11.8 Å². The SMILES string of the molecule is Cc1c(Cl)cccc1C(CCC1CC1)NN. The highest BCUT2D eigenvalue weighted by atomic mass is 35.5. The fourth-order valence-corrected chi connectivity index (χ4v) is 2.32. The molecule has 1 aliphatic carbocycles. The molecule has 0 aromatic heterocycles. The molecule has 3 N–H and O–H groups in total. The zero-order chi connectivity index (χ0) is 11.5. The van der Waals surface area contributed by atoms with E-state index < -0.39 is 0 Å². The Hall–Kier alpha value is -0.570. The molecule has 2 rings (SSSR count). The van der Waals surface area contributed by atoms with E-state index in [1.807, 2.05) is 12.1 Å². The summed E-state index contributed by atoms with van der Waals surface area (Å²) in [5.41, 5.74) is 5.28. The molecule has 0 bridgehead atoms. The maximum absolute atomic E-state index is 6.12. The molecule has 0 amide bonds. The number of rotatable bonds is 5. The van der Waals surface area contributed by atoms with Crippen LogP contribution in [0, 0.1) is 12.8 Å². The maximum Gasteiger partial charge on any atom is 0.0463 e. The molecule has 3 heteroatoms. The Balaban J connectivity index is 2.08. The van der Waals surface area contributed by atoms with Crippen LogP contribution in [0.15, 0.2) is 18.2 Å². The summed E-state index contributed by atoms with van der Waals surface area (Å²) in [4.78, 5) is 0. The van der Waals surface area contributed by atoms with Crippen molar-refractivity contribution in [2.75, 3.05) is 0 Å². The van der Waals surface area contributed by atoms with Gasteiger partial charge in [0.15, 0.2) is 0 Å². The number of benzene rings is 1. The van der Waals surface area contributed by atoms with E-state index in [1.54, 1.807) is 0 Å². The molecule has 1 atom stereocenters. The third-order valence-electron chi connectivity index (χ3n) is 3.45. The van der Waals surface area contributed by atoms with E-state index >= 15 is 0 Å². The molecule has 0 radical (unpaired) electrons. The lowest BCUT2D eigenvalue weighted by molar-refractivity contribution is 0.480. The topological polar surface area (TPSA) is 38.0 Å². The van der Waals surface area contributed by atoms with Gasteiger partial charge in [-0.2, -0.15) is 0 Å². The van der Waals surface area contributed by atoms with Gasteiger partial charge in [-0.1, -0.05) is 36.6 Å². The molecule has 1 aromatic rings. The molecule has 0 heterocycles. The Bertz CT molecular complexity index is 361. The van der Waals surface area contributed by atoms with Gasteiger partial charge in [-0.15, -0.1) is 0 Å². The second-order valence-corrected chi connectivity index (χ2v) is 5.10. The third-order valence-corrected chi connectivity index (χ3v) is 3.86. The van der Waals surface area contributed by atoms with E-state index in [0.717, 1.165) is 22.9 Å². The number of nitrogens with one attached hydrogen (secondary N) is 1. The Kier molecular flexibility index (Phi) is 3.85. The van der Waals surface area contributed by atoms with Gasteiger partial charge in [0, 0.05) is 11.1 Å². The predicted molar refractivity (Wildman–Crippen MR) is 68.2 cm³/mol. The molecular weight excluding hydrogens is 220 g/mol. The minimum Gasteiger partial charge on any atom is -0.271 e. The highest BCUT2D eigenvalue weighted by Crippen LogP contribution is 2.36. The lowest BCUT2D eigenvalue weighted by atomic mass is 9.97. The highest BCUT2D eigenvalue weighted by molar-refractivity contribution is 6.31. The second-order valence-electron chi connectivity index (χ2n) is 4.69. The summed E-state index contributed by atoms with van der Waals surface area (Å²) in [5, 5.41) is 0.823. The lowest BCUT2D eigenvalue weighted by Crippen LogP contribution is -2.28. The largest absolute Gasteiger partial charge is 0.271 e. The van der Waals surface area contributed by atoms with E-state index in [1.165, 1.54) is 24.8 Å². The molecule has 1 saturated carbocycles. The van der Waals surface area contributed by atoms with Crippen LogP contribution in [0.5, 0.6) is 0 Å². The van der Waals surface area contributed by atoms with Crippen molar-refractivity contribution in [3.63, 3.8) is 0 Å². The van der Waals surface area contributed by atoms with Gasteiger partial charge >= 0.3 is 0 Å². The van der Waals surface area contributed by atoms with E-state index in [9.17, 15) is 0 Å². The first-order valence-corrected chi connectivity index (χ1v) is 6.31. The molecule has 2 nitrogen and oxygen atoms in total. The summed E-state index contributed by atoms with van der Waals surface area (Å²) in [7, 11) is 0. The van der Waals surface area contributed by atoms with Crippen LogP contribution in [0.25, 0.3) is 0 Å². The first-order chi connectivity index (χ1) is 7.72. The van der Waals surface area contributed by atoms with Gasteiger partial charge in [-0.3, -0.25) is 11.3 Å². The van der Waals surface area contributed by atoms with Crippen LogP contribution in [-0.2, 0) is 0 Å². The maximum atomic E-state index is 6.12. The van der Waals surface area contributed by atoms with Gasteiger partial charge in [-0.25, -0.2) is 0 Å². The van der Waals surface area contributed by atoms with Crippen LogP contribution in [0.3, 0.4) is 0 Å². The summed E-state index contributed by atoms with van der Waals surface area (Å²) in [6.07, 6.45) is 5.15. The Labute approximate surface area is 102 Å². The summed E-state index contributed by atoms with van der Waals surface area (Å²) in [6, 6.07) is 6.26. The number of hydrazine groups is 1. The van der Waals surface area contributed by atoms with Crippen molar-refractivity contribution in [3.05, 3.63) is 34.3 Å². The van der Waals surface area contributed by atoms with Gasteiger partial charge in [0.05, 0.1) is 0 Å². The minimum atomic E-state index is 0.235. The van der Waals surface area contributed by atoms with Gasteiger partial charge in [0.1, 0.15) is 0 Å². The molecular formula is C13H19ClN2. The van der Waals surface area contributed by atoms with Crippen molar-refractivity contribution < 1.29 is 0 Å². The summed E-state index contributed by atoms with van der Waals surface area (Å²) in [6.45, 7) is 2.05. The average molecular weight is 239 g/mol. The second kappa shape index (κ2) is 5.17. The molecule has 1 aromatic carbocycles. The van der Waals surface area contributed by atoms with E-state index in [-0.39, 0.29) is 6.04 Å². The van der Waals surface area contributed by atoms with Crippen molar-refractivity contribution in [1.82, 2.24) is 5.43 Å². The smallest absolute Gasteiger partial charge is 0.0463 e. The number of halogens is 1. The number of hydrogen-bond acceptors (Lipinski definition) is 2. The zero-order valence-corrected chi connectivity index (χ0v) is 10.4. The van der Waals surface area contributed by atoms with Crippen LogP contribution in [0.4, 0.5) is 0 Å². The quantitative estimate of drug-likeness (QED) is 0.610. The average Bonchev–Trinajstić information content (AvgIpc) is 3.08. The third kappa shape index (κ3) is 2.76. The first-order valence-electron chi connectivity index (χ1n) is 5.93. The number of hydrogen-bond donors (Lipinski definition) is 2. The fourth-order valence-electron chi connectivity index (χ4n) is 2.14. The van der Waals surface area contributed by atoms with E-state index in [2.05, 4.69) is 18.4 Å². The van der Waals surface area contributed by atoms with Gasteiger partial charge < -0.3 is 0 Å². The van der Waals surface area contributed by atoms with E-state index in [0.29, 0.717) is 0 Å². The highest BCUT2D eigenvalue weighted by Gasteiger charge is 2.23. The Morgan fingerprint density at radius 3 is 2.88 bits per heavy atom. The first kappa shape index (κ1) is 11.9. The van der Waals surface area contributed by atoms with Crippen LogP contribution in [0.2, 0.25) is 5.02 Å². The van der Waals surface area contributed by atoms with Crippen LogP contribution >= 0.6 is 11.6 Å². The van der Waals surface area contributed by atoms with Gasteiger partial charge in [-0.05, 0) is 42.9 Å². The van der Waals surface area contributed by atoms with Crippen LogP contribution in [-0.4, -0.2) is 0 Å². The van der Waals surface area contributed by atoms with Gasteiger partial charge in [0.2, 0.25) is 0 Å². The van der Waals surface area contributed by atoms with Crippen LogP contribution in [0.1, 0.15) is 42.9 Å². The summed E-state index contributed by atoms with van der Waals surface area (Å²) in [5.74, 6) is 6.58. The fraction of sp³-hybridized carbons (Fsp3) is 0.538. The molecule has 0 spiro atoms. The molecule has 0 aliphatic heterocycles. The molecule has 88 valence electrons. The summed E-state index contributed by atoms with van der Waals surface area (Å²) >= 11 is 6.12. The zero-order valence-electron chi connectivity index (χ0n) is 9.67. The van der Waals surface area contributed by atoms with Crippen molar-refractivity contribution in [3.8, 4) is 0 Å². The Morgan fingerprint density at radius 1 is 1.50 bits per heavy atom. The minimum absolute atomic E-state index is 0.235. The lowest BCUT2D eigenvalue weighted by Gasteiger charge is -2.19. The molecule has 1 aliphatic rings. The monoisotopic (exact) mass is 238 g/mol.